The van der Waals surface area contributed by atoms with Gasteiger partial charge in [0.25, 0.3) is 5.91 Å². The fourth-order valence-corrected chi connectivity index (χ4v) is 2.21. The molecule has 0 saturated heterocycles. The lowest BCUT2D eigenvalue weighted by Gasteiger charge is -2.14. The zero-order valence-electron chi connectivity index (χ0n) is 15.0. The number of amides is 1. The Morgan fingerprint density at radius 1 is 1.12 bits per heavy atom. The summed E-state index contributed by atoms with van der Waals surface area (Å²) in [7, 11) is 1.74. The number of nitrogens with zero attached hydrogens (tertiary/aromatic N) is 1. The Labute approximate surface area is 148 Å². The minimum atomic E-state index is -0.124. The van der Waals surface area contributed by atoms with Gasteiger partial charge in [-0.1, -0.05) is 26.0 Å². The SMILES string of the molecule is CN=C(NCc1cccc(C(=O)NCc2ccco2)c1)NCC(C)C. The van der Waals surface area contributed by atoms with Crippen molar-refractivity contribution in [3.8, 4) is 0 Å². The first kappa shape index (κ1) is 18.6. The molecule has 1 aromatic heterocycles. The summed E-state index contributed by atoms with van der Waals surface area (Å²) in [5.41, 5.74) is 1.63. The first-order valence-corrected chi connectivity index (χ1v) is 8.42. The van der Waals surface area contributed by atoms with Crippen LogP contribution in [0.15, 0.2) is 52.1 Å². The zero-order valence-corrected chi connectivity index (χ0v) is 15.0. The van der Waals surface area contributed by atoms with Crippen LogP contribution in [-0.4, -0.2) is 25.5 Å². The number of aliphatic imine (C=N–C) groups is 1. The van der Waals surface area contributed by atoms with E-state index < -0.39 is 0 Å². The van der Waals surface area contributed by atoms with Crippen LogP contribution in [0.4, 0.5) is 0 Å². The molecule has 0 aliphatic rings. The topological polar surface area (TPSA) is 78.7 Å². The Bertz CT molecular complexity index is 693. The highest BCUT2D eigenvalue weighted by Gasteiger charge is 2.07. The minimum Gasteiger partial charge on any atom is -0.467 e. The monoisotopic (exact) mass is 342 g/mol. The van der Waals surface area contributed by atoms with Crippen molar-refractivity contribution in [2.75, 3.05) is 13.6 Å². The molecule has 0 atom stereocenters. The second-order valence-electron chi connectivity index (χ2n) is 6.16. The summed E-state index contributed by atoms with van der Waals surface area (Å²) in [4.78, 5) is 16.4. The lowest BCUT2D eigenvalue weighted by atomic mass is 10.1. The summed E-state index contributed by atoms with van der Waals surface area (Å²) in [6, 6.07) is 11.2. The van der Waals surface area contributed by atoms with Crippen molar-refractivity contribution in [3.05, 3.63) is 59.5 Å². The Morgan fingerprint density at radius 3 is 2.64 bits per heavy atom. The van der Waals surface area contributed by atoms with Gasteiger partial charge in [0.1, 0.15) is 5.76 Å². The standard InChI is InChI=1S/C19H26N4O2/c1-14(2)11-22-19(20-3)23-12-15-6-4-7-16(10-15)18(24)21-13-17-8-5-9-25-17/h4-10,14H,11-13H2,1-3H3,(H,21,24)(H2,20,22,23). The van der Waals surface area contributed by atoms with E-state index in [1.807, 2.05) is 24.3 Å². The molecule has 1 amide bonds. The van der Waals surface area contributed by atoms with Crippen molar-refractivity contribution >= 4 is 11.9 Å². The van der Waals surface area contributed by atoms with Gasteiger partial charge >= 0.3 is 0 Å². The third kappa shape index (κ3) is 6.33. The number of guanidine groups is 1. The van der Waals surface area contributed by atoms with E-state index in [1.165, 1.54) is 0 Å². The van der Waals surface area contributed by atoms with Gasteiger partial charge in [0, 0.05) is 25.7 Å². The third-order valence-electron chi connectivity index (χ3n) is 3.55. The molecule has 3 N–H and O–H groups in total. The van der Waals surface area contributed by atoms with Gasteiger partial charge in [-0.3, -0.25) is 9.79 Å². The molecular formula is C19H26N4O2. The van der Waals surface area contributed by atoms with Crippen LogP contribution in [0.3, 0.4) is 0 Å². The van der Waals surface area contributed by atoms with Crippen molar-refractivity contribution in [2.45, 2.75) is 26.9 Å². The number of nitrogens with one attached hydrogen (secondary N) is 3. The van der Waals surface area contributed by atoms with Crippen LogP contribution in [-0.2, 0) is 13.1 Å². The molecule has 0 fully saturated rings. The molecule has 0 aliphatic carbocycles. The van der Waals surface area contributed by atoms with Crippen LogP contribution in [0.2, 0.25) is 0 Å². The normalized spacial score (nSPS) is 11.4. The van der Waals surface area contributed by atoms with E-state index in [4.69, 9.17) is 4.42 Å². The second-order valence-corrected chi connectivity index (χ2v) is 6.16. The van der Waals surface area contributed by atoms with Gasteiger partial charge in [-0.05, 0) is 35.7 Å². The molecule has 0 aliphatic heterocycles. The van der Waals surface area contributed by atoms with Crippen molar-refractivity contribution in [2.24, 2.45) is 10.9 Å². The first-order valence-electron chi connectivity index (χ1n) is 8.42. The zero-order chi connectivity index (χ0) is 18.1. The second kappa shape index (κ2) is 9.52. The van der Waals surface area contributed by atoms with Crippen LogP contribution in [0, 0.1) is 5.92 Å². The number of benzene rings is 1. The maximum atomic E-state index is 12.3. The largest absolute Gasteiger partial charge is 0.467 e. The Hall–Kier alpha value is -2.76. The molecule has 6 nitrogen and oxygen atoms in total. The molecule has 0 saturated carbocycles. The molecule has 0 unspecified atom stereocenters. The van der Waals surface area contributed by atoms with Gasteiger partial charge < -0.3 is 20.4 Å². The number of rotatable bonds is 7. The average Bonchev–Trinajstić information content (AvgIpc) is 3.13. The molecule has 1 aromatic carbocycles. The summed E-state index contributed by atoms with van der Waals surface area (Å²) in [5.74, 6) is 1.90. The van der Waals surface area contributed by atoms with Gasteiger partial charge in [0.05, 0.1) is 12.8 Å². The highest BCUT2D eigenvalue weighted by atomic mass is 16.3. The highest BCUT2D eigenvalue weighted by Crippen LogP contribution is 2.06. The summed E-state index contributed by atoms with van der Waals surface area (Å²) >= 11 is 0. The predicted molar refractivity (Wildman–Crippen MR) is 99.4 cm³/mol. The van der Waals surface area contributed by atoms with Gasteiger partial charge in [0.15, 0.2) is 5.96 Å². The van der Waals surface area contributed by atoms with Gasteiger partial charge in [0.2, 0.25) is 0 Å². The number of carbonyl (C=O) groups excluding carboxylic acids is 1. The number of hydrogen-bond acceptors (Lipinski definition) is 3. The molecule has 2 rings (SSSR count). The fraction of sp³-hybridized carbons (Fsp3) is 0.368. The highest BCUT2D eigenvalue weighted by molar-refractivity contribution is 5.94. The Kier molecular flexibility index (Phi) is 7.07. The number of furan rings is 1. The van der Waals surface area contributed by atoms with Crippen LogP contribution < -0.4 is 16.0 Å². The van der Waals surface area contributed by atoms with Crippen molar-refractivity contribution in [1.29, 1.82) is 0 Å². The Balaban J connectivity index is 1.88. The van der Waals surface area contributed by atoms with Crippen LogP contribution >= 0.6 is 0 Å². The van der Waals surface area contributed by atoms with E-state index in [9.17, 15) is 4.79 Å². The summed E-state index contributed by atoms with van der Waals surface area (Å²) in [5, 5.41) is 9.36. The van der Waals surface area contributed by atoms with Crippen LogP contribution in [0.25, 0.3) is 0 Å². The molecule has 134 valence electrons. The van der Waals surface area contributed by atoms with Crippen LogP contribution in [0.5, 0.6) is 0 Å². The van der Waals surface area contributed by atoms with Gasteiger partial charge in [-0.2, -0.15) is 0 Å². The Morgan fingerprint density at radius 2 is 1.96 bits per heavy atom. The molecular weight excluding hydrogens is 316 g/mol. The molecule has 6 heteroatoms. The quantitative estimate of drug-likeness (QED) is 0.534. The smallest absolute Gasteiger partial charge is 0.251 e. The molecule has 0 bridgehead atoms. The molecule has 0 radical (unpaired) electrons. The van der Waals surface area contributed by atoms with Crippen LogP contribution in [0.1, 0.15) is 35.5 Å². The van der Waals surface area contributed by atoms with Crippen molar-refractivity contribution < 1.29 is 9.21 Å². The van der Waals surface area contributed by atoms with E-state index >= 15 is 0 Å². The summed E-state index contributed by atoms with van der Waals surface area (Å²) in [6.45, 7) is 6.11. The van der Waals surface area contributed by atoms with E-state index in [0.717, 1.165) is 23.8 Å². The number of carbonyl (C=O) groups is 1. The predicted octanol–water partition coefficient (Wildman–Crippen LogP) is 2.53. The van der Waals surface area contributed by atoms with Gasteiger partial charge in [-0.15, -0.1) is 0 Å². The van der Waals surface area contributed by atoms with Crippen molar-refractivity contribution in [1.82, 2.24) is 16.0 Å². The lowest BCUT2D eigenvalue weighted by molar-refractivity contribution is 0.0948. The average molecular weight is 342 g/mol. The maximum Gasteiger partial charge on any atom is 0.251 e. The van der Waals surface area contributed by atoms with Gasteiger partial charge in [-0.25, -0.2) is 0 Å². The minimum absolute atomic E-state index is 0.124. The van der Waals surface area contributed by atoms with E-state index in [2.05, 4.69) is 34.8 Å². The van der Waals surface area contributed by atoms with E-state index in [1.54, 1.807) is 25.4 Å². The first-order chi connectivity index (χ1) is 12.1. The number of hydrogen-bond donors (Lipinski definition) is 3. The summed E-state index contributed by atoms with van der Waals surface area (Å²) in [6.07, 6.45) is 1.59. The third-order valence-corrected chi connectivity index (χ3v) is 3.55. The molecule has 0 spiro atoms. The molecule has 1 heterocycles. The van der Waals surface area contributed by atoms with E-state index in [0.29, 0.717) is 24.6 Å². The maximum absolute atomic E-state index is 12.3. The fourth-order valence-electron chi connectivity index (χ4n) is 2.21. The van der Waals surface area contributed by atoms with E-state index in [-0.39, 0.29) is 5.91 Å². The summed E-state index contributed by atoms with van der Waals surface area (Å²) < 4.78 is 5.22. The lowest BCUT2D eigenvalue weighted by Crippen LogP contribution is -2.38. The molecule has 25 heavy (non-hydrogen) atoms. The van der Waals surface area contributed by atoms with Crippen molar-refractivity contribution in [3.63, 3.8) is 0 Å². The molecule has 2 aromatic rings.